The molecule has 0 bridgehead atoms. The van der Waals surface area contributed by atoms with Crippen LogP contribution in [0.5, 0.6) is 5.75 Å². The molecule has 1 heterocycles. The molecule has 0 aliphatic carbocycles. The maximum Gasteiger partial charge on any atom is 0.272 e. The Bertz CT molecular complexity index is 1390. The minimum atomic E-state index is -0.445. The number of aromatic nitrogens is 2. The lowest BCUT2D eigenvalue weighted by molar-refractivity contribution is -0.385. The van der Waals surface area contributed by atoms with Crippen LogP contribution in [-0.4, -0.2) is 20.6 Å². The van der Waals surface area contributed by atoms with Crippen LogP contribution in [0, 0.1) is 22.9 Å². The highest BCUT2D eigenvalue weighted by Crippen LogP contribution is 2.24. The van der Waals surface area contributed by atoms with Gasteiger partial charge in [0, 0.05) is 23.4 Å². The summed E-state index contributed by atoms with van der Waals surface area (Å²) in [6.07, 6.45) is 1.58. The molecule has 0 aliphatic rings. The van der Waals surface area contributed by atoms with E-state index in [-0.39, 0.29) is 29.0 Å². The minimum absolute atomic E-state index is 0.0230. The van der Waals surface area contributed by atoms with Crippen LogP contribution < -0.4 is 10.1 Å². The van der Waals surface area contributed by atoms with Crippen molar-refractivity contribution in [2.75, 3.05) is 5.32 Å². The van der Waals surface area contributed by atoms with Crippen molar-refractivity contribution in [2.45, 2.75) is 20.1 Å². The zero-order valence-corrected chi connectivity index (χ0v) is 19.3. The molecule has 35 heavy (non-hydrogen) atoms. The fraction of sp³-hybridized carbons (Fsp3) is 0.120. The molecule has 4 aromatic rings. The van der Waals surface area contributed by atoms with Crippen LogP contribution in [-0.2, 0) is 13.2 Å². The number of rotatable bonds is 8. The van der Waals surface area contributed by atoms with Crippen molar-refractivity contribution in [3.05, 3.63) is 116 Å². The number of carbonyl (C=O) groups excluding carboxylic acids is 1. The van der Waals surface area contributed by atoms with E-state index in [0.29, 0.717) is 23.4 Å². The number of nitro groups is 1. The van der Waals surface area contributed by atoms with Gasteiger partial charge in [-0.25, -0.2) is 4.39 Å². The Hall–Kier alpha value is -4.24. The summed E-state index contributed by atoms with van der Waals surface area (Å²) in [6, 6.07) is 17.4. The third-order valence-corrected chi connectivity index (χ3v) is 5.44. The van der Waals surface area contributed by atoms with E-state index in [2.05, 4.69) is 10.4 Å². The average molecular weight is 495 g/mol. The summed E-state index contributed by atoms with van der Waals surface area (Å²) in [5, 5.41) is 18.2. The van der Waals surface area contributed by atoms with Crippen LogP contribution in [0.1, 0.15) is 27.0 Å². The second-order valence-corrected chi connectivity index (χ2v) is 8.21. The summed E-state index contributed by atoms with van der Waals surface area (Å²) in [5.41, 5.74) is 2.47. The maximum absolute atomic E-state index is 13.1. The number of nitro benzene ring substituents is 1. The third kappa shape index (κ3) is 6.01. The average Bonchev–Trinajstić information content (AvgIpc) is 3.17. The molecule has 0 fully saturated rings. The number of hydrogen-bond donors (Lipinski definition) is 1. The molecule has 0 saturated heterocycles. The summed E-state index contributed by atoms with van der Waals surface area (Å²) < 4.78 is 20.4. The molecule has 178 valence electrons. The van der Waals surface area contributed by atoms with Crippen molar-refractivity contribution >= 4 is 29.0 Å². The Balaban J connectivity index is 1.40. The zero-order chi connectivity index (χ0) is 24.9. The van der Waals surface area contributed by atoms with Crippen molar-refractivity contribution in [1.29, 1.82) is 0 Å². The lowest BCUT2D eigenvalue weighted by atomic mass is 10.1. The summed E-state index contributed by atoms with van der Waals surface area (Å²) in [6.45, 7) is 2.18. The molecular formula is C25H20ClFN4O4. The molecule has 0 saturated carbocycles. The Labute approximate surface area is 205 Å². The molecule has 0 spiro atoms. The third-order valence-electron chi connectivity index (χ3n) is 5.17. The Kier molecular flexibility index (Phi) is 7.07. The van der Waals surface area contributed by atoms with Gasteiger partial charge in [-0.2, -0.15) is 5.10 Å². The first-order valence-corrected chi connectivity index (χ1v) is 10.9. The van der Waals surface area contributed by atoms with Gasteiger partial charge in [-0.15, -0.1) is 0 Å². The van der Waals surface area contributed by atoms with Crippen LogP contribution in [0.3, 0.4) is 0 Å². The normalized spacial score (nSPS) is 10.7. The Morgan fingerprint density at radius 2 is 1.91 bits per heavy atom. The molecule has 0 aliphatic heterocycles. The van der Waals surface area contributed by atoms with Gasteiger partial charge in [-0.1, -0.05) is 35.9 Å². The van der Waals surface area contributed by atoms with Crippen molar-refractivity contribution in [1.82, 2.24) is 9.78 Å². The Morgan fingerprint density at radius 3 is 2.63 bits per heavy atom. The number of anilines is 1. The number of nitrogens with one attached hydrogen (secondary N) is 1. The van der Waals surface area contributed by atoms with Gasteiger partial charge in [0.05, 0.1) is 11.5 Å². The smallest absolute Gasteiger partial charge is 0.272 e. The molecule has 8 nitrogen and oxygen atoms in total. The van der Waals surface area contributed by atoms with Gasteiger partial charge in [0.25, 0.3) is 11.6 Å². The monoisotopic (exact) mass is 494 g/mol. The molecule has 1 aromatic heterocycles. The zero-order valence-electron chi connectivity index (χ0n) is 18.6. The molecule has 1 amide bonds. The van der Waals surface area contributed by atoms with E-state index in [9.17, 15) is 19.3 Å². The van der Waals surface area contributed by atoms with Crippen LogP contribution in [0.15, 0.2) is 72.9 Å². The van der Waals surface area contributed by atoms with Crippen LogP contribution in [0.2, 0.25) is 5.02 Å². The second kappa shape index (κ2) is 10.4. The van der Waals surface area contributed by atoms with Gasteiger partial charge < -0.3 is 10.1 Å². The highest BCUT2D eigenvalue weighted by Gasteiger charge is 2.14. The first kappa shape index (κ1) is 23.9. The van der Waals surface area contributed by atoms with Gasteiger partial charge in [0.1, 0.15) is 23.2 Å². The van der Waals surface area contributed by atoms with Crippen molar-refractivity contribution in [2.24, 2.45) is 0 Å². The van der Waals surface area contributed by atoms with E-state index in [1.54, 1.807) is 60.3 Å². The highest BCUT2D eigenvalue weighted by molar-refractivity contribution is 6.33. The Morgan fingerprint density at radius 1 is 1.14 bits per heavy atom. The molecule has 3 aromatic carbocycles. The van der Waals surface area contributed by atoms with Crippen LogP contribution in [0.25, 0.3) is 0 Å². The largest absolute Gasteiger partial charge is 0.489 e. The number of ether oxygens (including phenoxy) is 1. The molecule has 4 rings (SSSR count). The number of halogens is 2. The van der Waals surface area contributed by atoms with E-state index in [0.717, 1.165) is 11.1 Å². The number of aryl methyl sites for hydroxylation is 1. The predicted octanol–water partition coefficient (Wildman–Crippen LogP) is 5.77. The predicted molar refractivity (Wildman–Crippen MR) is 129 cm³/mol. The summed E-state index contributed by atoms with van der Waals surface area (Å²) in [7, 11) is 0. The van der Waals surface area contributed by atoms with E-state index in [1.807, 2.05) is 0 Å². The quantitative estimate of drug-likeness (QED) is 0.247. The van der Waals surface area contributed by atoms with Gasteiger partial charge in [-0.3, -0.25) is 19.6 Å². The lowest BCUT2D eigenvalue weighted by Crippen LogP contribution is -2.13. The molecular weight excluding hydrogens is 475 g/mol. The fourth-order valence-electron chi connectivity index (χ4n) is 3.41. The van der Waals surface area contributed by atoms with E-state index >= 15 is 0 Å². The topological polar surface area (TPSA) is 99.3 Å². The van der Waals surface area contributed by atoms with E-state index in [4.69, 9.17) is 16.3 Å². The minimum Gasteiger partial charge on any atom is -0.489 e. The van der Waals surface area contributed by atoms with Crippen molar-refractivity contribution in [3.8, 4) is 5.75 Å². The van der Waals surface area contributed by atoms with E-state index < -0.39 is 10.8 Å². The molecule has 1 N–H and O–H groups in total. The lowest BCUT2D eigenvalue weighted by Gasteiger charge is -2.09. The van der Waals surface area contributed by atoms with Crippen molar-refractivity contribution < 1.29 is 18.8 Å². The van der Waals surface area contributed by atoms with Crippen molar-refractivity contribution in [3.63, 3.8) is 0 Å². The summed E-state index contributed by atoms with van der Waals surface area (Å²) >= 11 is 6.24. The summed E-state index contributed by atoms with van der Waals surface area (Å²) in [5.74, 6) is -0.0223. The van der Waals surface area contributed by atoms with E-state index in [1.165, 1.54) is 24.3 Å². The summed E-state index contributed by atoms with van der Waals surface area (Å²) in [4.78, 5) is 23.3. The van der Waals surface area contributed by atoms with Gasteiger partial charge in [0.15, 0.2) is 5.82 Å². The molecule has 0 atom stereocenters. The number of amides is 1. The second-order valence-electron chi connectivity index (χ2n) is 7.80. The van der Waals surface area contributed by atoms with Crippen LogP contribution >= 0.6 is 11.6 Å². The van der Waals surface area contributed by atoms with Gasteiger partial charge >= 0.3 is 0 Å². The first-order chi connectivity index (χ1) is 16.8. The highest BCUT2D eigenvalue weighted by atomic mass is 35.5. The van der Waals surface area contributed by atoms with Gasteiger partial charge in [-0.05, 0) is 54.4 Å². The first-order valence-electron chi connectivity index (χ1n) is 10.5. The SMILES string of the molecule is Cc1cc(OCc2cccc(C(=O)Nc3nn(Cc4ccc(F)cc4)cc3Cl)c2)ccc1[N+](=O)[O-]. The van der Waals surface area contributed by atoms with Crippen LogP contribution in [0.4, 0.5) is 15.9 Å². The number of nitrogens with zero attached hydrogens (tertiary/aromatic N) is 3. The number of benzene rings is 3. The fourth-order valence-corrected chi connectivity index (χ4v) is 3.61. The van der Waals surface area contributed by atoms with Gasteiger partial charge in [0.2, 0.25) is 0 Å². The standard InChI is InChI=1S/C25H20ClFN4O4/c1-16-11-21(9-10-23(16)31(33)34)35-15-18-3-2-4-19(12-18)25(32)28-24-22(26)14-30(29-24)13-17-5-7-20(27)8-6-17/h2-12,14H,13,15H2,1H3,(H,28,29,32). The molecule has 0 radical (unpaired) electrons. The number of carbonyl (C=O) groups is 1. The molecule has 0 unspecified atom stereocenters. The number of hydrogen-bond acceptors (Lipinski definition) is 5. The maximum atomic E-state index is 13.1. The molecule has 10 heteroatoms.